The average Bonchev–Trinajstić information content (AvgIpc) is 2.26. The minimum Gasteiger partial charge on any atom is -0.466 e. The molecule has 0 aliphatic rings. The number of ether oxygens (including phenoxy) is 2. The molecule has 1 unspecified atom stereocenters. The lowest BCUT2D eigenvalue weighted by molar-refractivity contribution is -0.143. The summed E-state index contributed by atoms with van der Waals surface area (Å²) in [7, 11) is 0. The van der Waals surface area contributed by atoms with Gasteiger partial charge < -0.3 is 9.47 Å². The Hall–Kier alpha value is -1.06. The summed E-state index contributed by atoms with van der Waals surface area (Å²) in [5.41, 5.74) is 0. The SMILES string of the molecule is CCOC(=O)CCCC(CCC(C)C)OC=O. The van der Waals surface area contributed by atoms with Gasteiger partial charge in [0, 0.05) is 6.42 Å². The molecule has 0 bridgehead atoms. The Bertz CT molecular complexity index is 213. The highest BCUT2D eigenvalue weighted by Crippen LogP contribution is 2.14. The van der Waals surface area contributed by atoms with Crippen molar-refractivity contribution in [3.63, 3.8) is 0 Å². The van der Waals surface area contributed by atoms with E-state index in [1.54, 1.807) is 6.92 Å². The normalized spacial score (nSPS) is 12.2. The van der Waals surface area contributed by atoms with E-state index in [4.69, 9.17) is 9.47 Å². The van der Waals surface area contributed by atoms with Gasteiger partial charge >= 0.3 is 5.97 Å². The first kappa shape index (κ1) is 15.9. The van der Waals surface area contributed by atoms with Crippen molar-refractivity contribution in [1.82, 2.24) is 0 Å². The van der Waals surface area contributed by atoms with Gasteiger partial charge in [-0.25, -0.2) is 0 Å². The van der Waals surface area contributed by atoms with Crippen molar-refractivity contribution in [2.75, 3.05) is 6.61 Å². The van der Waals surface area contributed by atoms with Crippen LogP contribution in [0.5, 0.6) is 0 Å². The van der Waals surface area contributed by atoms with E-state index in [0.717, 1.165) is 19.3 Å². The molecule has 100 valence electrons. The second kappa shape index (κ2) is 10.1. The standard InChI is InChI=1S/C13H24O4/c1-4-16-13(15)7-5-6-12(17-10-14)9-8-11(2)3/h10-12H,4-9H2,1-3H3. The molecular formula is C13H24O4. The molecule has 0 saturated heterocycles. The third-order valence-corrected chi connectivity index (χ3v) is 2.53. The Morgan fingerprint density at radius 2 is 1.94 bits per heavy atom. The second-order valence-corrected chi connectivity index (χ2v) is 4.52. The Kier molecular flexibility index (Phi) is 9.49. The molecule has 1 atom stereocenters. The summed E-state index contributed by atoms with van der Waals surface area (Å²) in [6.07, 6.45) is 3.65. The van der Waals surface area contributed by atoms with E-state index < -0.39 is 0 Å². The van der Waals surface area contributed by atoms with Crippen LogP contribution in [-0.4, -0.2) is 25.2 Å². The van der Waals surface area contributed by atoms with E-state index in [0.29, 0.717) is 31.8 Å². The number of carbonyl (C=O) groups is 2. The third-order valence-electron chi connectivity index (χ3n) is 2.53. The van der Waals surface area contributed by atoms with Gasteiger partial charge in [-0.2, -0.15) is 0 Å². The monoisotopic (exact) mass is 244 g/mol. The van der Waals surface area contributed by atoms with Crippen LogP contribution in [0.15, 0.2) is 0 Å². The molecule has 0 aromatic heterocycles. The molecule has 4 nitrogen and oxygen atoms in total. The van der Waals surface area contributed by atoms with Crippen molar-refractivity contribution in [2.45, 2.75) is 59.0 Å². The Morgan fingerprint density at radius 1 is 1.24 bits per heavy atom. The number of rotatable bonds is 10. The van der Waals surface area contributed by atoms with Crippen LogP contribution in [0.3, 0.4) is 0 Å². The van der Waals surface area contributed by atoms with Crippen molar-refractivity contribution in [3.05, 3.63) is 0 Å². The number of hydrogen-bond acceptors (Lipinski definition) is 4. The van der Waals surface area contributed by atoms with Crippen LogP contribution in [0, 0.1) is 5.92 Å². The van der Waals surface area contributed by atoms with E-state index in [2.05, 4.69) is 13.8 Å². The minimum absolute atomic E-state index is 0.0654. The minimum atomic E-state index is -0.179. The lowest BCUT2D eigenvalue weighted by Gasteiger charge is -2.15. The van der Waals surface area contributed by atoms with Crippen molar-refractivity contribution in [2.24, 2.45) is 5.92 Å². The molecule has 0 fully saturated rings. The van der Waals surface area contributed by atoms with Crippen LogP contribution in [0.1, 0.15) is 52.9 Å². The highest BCUT2D eigenvalue weighted by atomic mass is 16.5. The van der Waals surface area contributed by atoms with E-state index in [1.165, 1.54) is 0 Å². The number of carbonyl (C=O) groups excluding carboxylic acids is 2. The van der Waals surface area contributed by atoms with Crippen molar-refractivity contribution < 1.29 is 19.1 Å². The van der Waals surface area contributed by atoms with Gasteiger partial charge in [0.25, 0.3) is 6.47 Å². The Labute approximate surface area is 104 Å². The summed E-state index contributed by atoms with van der Waals surface area (Å²) < 4.78 is 9.83. The van der Waals surface area contributed by atoms with E-state index in [9.17, 15) is 9.59 Å². The molecule has 0 aromatic carbocycles. The van der Waals surface area contributed by atoms with Crippen LogP contribution in [0.25, 0.3) is 0 Å². The molecule has 0 radical (unpaired) electrons. The van der Waals surface area contributed by atoms with E-state index in [-0.39, 0.29) is 12.1 Å². The quantitative estimate of drug-likeness (QED) is 0.438. The zero-order valence-electron chi connectivity index (χ0n) is 11.1. The van der Waals surface area contributed by atoms with Crippen LogP contribution in [0.4, 0.5) is 0 Å². The lowest BCUT2D eigenvalue weighted by atomic mass is 10.0. The predicted molar refractivity (Wildman–Crippen MR) is 65.5 cm³/mol. The third kappa shape index (κ3) is 9.85. The van der Waals surface area contributed by atoms with Crippen LogP contribution < -0.4 is 0 Å². The maximum absolute atomic E-state index is 11.1. The fraction of sp³-hybridized carbons (Fsp3) is 0.846. The first-order valence-electron chi connectivity index (χ1n) is 6.34. The smallest absolute Gasteiger partial charge is 0.305 e. The summed E-state index contributed by atoms with van der Waals surface area (Å²) in [5.74, 6) is 0.416. The molecule has 0 N–H and O–H groups in total. The summed E-state index contributed by atoms with van der Waals surface area (Å²) >= 11 is 0. The molecule has 0 rings (SSSR count). The van der Waals surface area contributed by atoms with Gasteiger partial charge in [-0.1, -0.05) is 13.8 Å². The fourth-order valence-electron chi connectivity index (χ4n) is 1.59. The van der Waals surface area contributed by atoms with Gasteiger partial charge in [-0.15, -0.1) is 0 Å². The highest BCUT2D eigenvalue weighted by molar-refractivity contribution is 5.69. The van der Waals surface area contributed by atoms with Crippen LogP contribution in [-0.2, 0) is 19.1 Å². The molecule has 0 aliphatic heterocycles. The van der Waals surface area contributed by atoms with Gasteiger partial charge in [-0.05, 0) is 38.5 Å². The topological polar surface area (TPSA) is 52.6 Å². The molecule has 0 amide bonds. The zero-order valence-corrected chi connectivity index (χ0v) is 11.1. The van der Waals surface area contributed by atoms with Gasteiger partial charge in [-0.3, -0.25) is 9.59 Å². The molecule has 0 spiro atoms. The van der Waals surface area contributed by atoms with Crippen molar-refractivity contribution in [1.29, 1.82) is 0 Å². The zero-order chi connectivity index (χ0) is 13.1. The van der Waals surface area contributed by atoms with Crippen LogP contribution >= 0.6 is 0 Å². The lowest BCUT2D eigenvalue weighted by Crippen LogP contribution is -2.14. The van der Waals surface area contributed by atoms with Gasteiger partial charge in [0.15, 0.2) is 0 Å². The highest BCUT2D eigenvalue weighted by Gasteiger charge is 2.11. The molecule has 0 aliphatic carbocycles. The molecule has 0 saturated carbocycles. The average molecular weight is 244 g/mol. The van der Waals surface area contributed by atoms with Crippen LogP contribution in [0.2, 0.25) is 0 Å². The predicted octanol–water partition coefficient (Wildman–Crippen LogP) is 2.70. The maximum atomic E-state index is 11.1. The van der Waals surface area contributed by atoms with Gasteiger partial charge in [0.1, 0.15) is 6.10 Å². The molecule has 4 heteroatoms. The van der Waals surface area contributed by atoms with Crippen molar-refractivity contribution >= 4 is 12.4 Å². The number of esters is 1. The van der Waals surface area contributed by atoms with E-state index >= 15 is 0 Å². The summed E-state index contributed by atoms with van der Waals surface area (Å²) in [6, 6.07) is 0. The second-order valence-electron chi connectivity index (χ2n) is 4.52. The summed E-state index contributed by atoms with van der Waals surface area (Å²) in [6.45, 7) is 6.97. The number of hydrogen-bond donors (Lipinski definition) is 0. The Balaban J connectivity index is 3.75. The maximum Gasteiger partial charge on any atom is 0.305 e. The first-order valence-corrected chi connectivity index (χ1v) is 6.34. The molecule has 0 aromatic rings. The summed E-state index contributed by atoms with van der Waals surface area (Å²) in [5, 5.41) is 0. The van der Waals surface area contributed by atoms with Gasteiger partial charge in [0.05, 0.1) is 6.61 Å². The molecular weight excluding hydrogens is 220 g/mol. The molecule has 17 heavy (non-hydrogen) atoms. The largest absolute Gasteiger partial charge is 0.466 e. The fourth-order valence-corrected chi connectivity index (χ4v) is 1.59. The van der Waals surface area contributed by atoms with E-state index in [1.807, 2.05) is 0 Å². The van der Waals surface area contributed by atoms with Crippen molar-refractivity contribution in [3.8, 4) is 0 Å². The Morgan fingerprint density at radius 3 is 2.47 bits per heavy atom. The first-order chi connectivity index (χ1) is 8.10. The summed E-state index contributed by atoms with van der Waals surface area (Å²) in [4.78, 5) is 21.5. The van der Waals surface area contributed by atoms with Gasteiger partial charge in [0.2, 0.25) is 0 Å². The molecule has 0 heterocycles.